The first-order valence-electron chi connectivity index (χ1n) is 10.4. The number of esters is 2. The van der Waals surface area contributed by atoms with Gasteiger partial charge in [0.05, 0.1) is 17.7 Å². The summed E-state index contributed by atoms with van der Waals surface area (Å²) in [5.74, 6) is -0.648. The Kier molecular flexibility index (Phi) is 6.73. The van der Waals surface area contributed by atoms with Gasteiger partial charge >= 0.3 is 11.9 Å². The van der Waals surface area contributed by atoms with E-state index in [-0.39, 0.29) is 6.61 Å². The number of carbonyl (C=O) groups excluding carboxylic acids is 2. The first-order valence-corrected chi connectivity index (χ1v) is 10.4. The summed E-state index contributed by atoms with van der Waals surface area (Å²) in [6.07, 6.45) is 0.639. The monoisotopic (exact) mass is 422 g/mol. The minimum atomic E-state index is -0.487. The van der Waals surface area contributed by atoms with Crippen LogP contribution in [0, 0.1) is 0 Å². The van der Waals surface area contributed by atoms with Crippen molar-refractivity contribution < 1.29 is 19.1 Å². The molecule has 0 aliphatic carbocycles. The third kappa shape index (κ3) is 5.49. The molecule has 0 unspecified atom stereocenters. The summed E-state index contributed by atoms with van der Waals surface area (Å²) in [7, 11) is 0. The second kappa shape index (κ2) is 10.2. The molecule has 0 spiro atoms. The van der Waals surface area contributed by atoms with E-state index in [2.05, 4.69) is 0 Å². The number of benzene rings is 4. The molecule has 0 saturated carbocycles. The molecule has 0 aromatic heterocycles. The van der Waals surface area contributed by atoms with Gasteiger partial charge in [-0.15, -0.1) is 0 Å². The number of hydrogen-bond donors (Lipinski definition) is 0. The van der Waals surface area contributed by atoms with E-state index in [1.54, 1.807) is 30.3 Å². The molecule has 158 valence electrons. The fourth-order valence-electron chi connectivity index (χ4n) is 3.27. The van der Waals surface area contributed by atoms with Gasteiger partial charge in [-0.05, 0) is 47.0 Å². The van der Waals surface area contributed by atoms with Crippen LogP contribution in [-0.4, -0.2) is 18.5 Å². The van der Waals surface area contributed by atoms with Crippen LogP contribution in [-0.2, 0) is 11.2 Å². The lowest BCUT2D eigenvalue weighted by atomic mass is 10.0. The van der Waals surface area contributed by atoms with Crippen LogP contribution in [0.3, 0.4) is 0 Å². The van der Waals surface area contributed by atoms with Gasteiger partial charge in [0, 0.05) is 6.42 Å². The molecule has 0 bridgehead atoms. The van der Waals surface area contributed by atoms with Crippen molar-refractivity contribution in [2.24, 2.45) is 0 Å². The van der Waals surface area contributed by atoms with Gasteiger partial charge in [-0.25, -0.2) is 9.59 Å². The van der Waals surface area contributed by atoms with Crippen molar-refractivity contribution in [3.05, 3.63) is 126 Å². The third-order valence-electron chi connectivity index (χ3n) is 4.97. The van der Waals surface area contributed by atoms with Crippen molar-refractivity contribution in [3.63, 3.8) is 0 Å². The highest BCUT2D eigenvalue weighted by Gasteiger charge is 2.12. The molecule has 0 atom stereocenters. The maximum absolute atomic E-state index is 12.5. The summed E-state index contributed by atoms with van der Waals surface area (Å²) in [6, 6.07) is 33.4. The predicted molar refractivity (Wildman–Crippen MR) is 124 cm³/mol. The van der Waals surface area contributed by atoms with Crippen molar-refractivity contribution in [2.75, 3.05) is 6.61 Å². The summed E-state index contributed by atoms with van der Waals surface area (Å²) in [4.78, 5) is 24.9. The Labute approximate surface area is 187 Å². The quantitative estimate of drug-likeness (QED) is 0.272. The zero-order valence-electron chi connectivity index (χ0n) is 17.4. The molecule has 0 saturated heterocycles. The first-order chi connectivity index (χ1) is 15.7. The van der Waals surface area contributed by atoms with Crippen molar-refractivity contribution >= 4 is 11.9 Å². The first kappa shape index (κ1) is 21.1. The van der Waals surface area contributed by atoms with E-state index in [0.717, 1.165) is 16.7 Å². The van der Waals surface area contributed by atoms with Crippen molar-refractivity contribution in [2.45, 2.75) is 6.42 Å². The second-order valence-electron chi connectivity index (χ2n) is 7.23. The predicted octanol–water partition coefficient (Wildman–Crippen LogP) is 5.97. The molecule has 0 fully saturated rings. The van der Waals surface area contributed by atoms with Gasteiger partial charge in [-0.1, -0.05) is 78.9 Å². The Bertz CT molecular complexity index is 1180. The van der Waals surface area contributed by atoms with Gasteiger partial charge in [0.25, 0.3) is 0 Å². The average molecular weight is 422 g/mol. The minimum Gasteiger partial charge on any atom is -0.462 e. The van der Waals surface area contributed by atoms with Crippen LogP contribution in [0.1, 0.15) is 26.3 Å². The van der Waals surface area contributed by atoms with Crippen molar-refractivity contribution in [1.82, 2.24) is 0 Å². The van der Waals surface area contributed by atoms with E-state index in [4.69, 9.17) is 9.47 Å². The molecule has 4 rings (SSSR count). The molecule has 4 heteroatoms. The second-order valence-corrected chi connectivity index (χ2v) is 7.23. The van der Waals surface area contributed by atoms with E-state index in [0.29, 0.717) is 23.3 Å². The molecule has 4 nitrogen and oxygen atoms in total. The van der Waals surface area contributed by atoms with Gasteiger partial charge in [-0.3, -0.25) is 0 Å². The van der Waals surface area contributed by atoms with Gasteiger partial charge in [0.2, 0.25) is 0 Å². The molecule has 0 aliphatic heterocycles. The van der Waals surface area contributed by atoms with Crippen LogP contribution < -0.4 is 4.74 Å². The summed E-state index contributed by atoms with van der Waals surface area (Å²) in [5.41, 5.74) is 3.96. The molecule has 4 aromatic carbocycles. The molecule has 0 heterocycles. The van der Waals surface area contributed by atoms with Crippen LogP contribution in [0.25, 0.3) is 11.1 Å². The highest BCUT2D eigenvalue weighted by molar-refractivity contribution is 5.93. The summed E-state index contributed by atoms with van der Waals surface area (Å²) >= 11 is 0. The van der Waals surface area contributed by atoms with E-state index >= 15 is 0 Å². The largest absolute Gasteiger partial charge is 0.462 e. The fourth-order valence-corrected chi connectivity index (χ4v) is 3.27. The third-order valence-corrected chi connectivity index (χ3v) is 4.97. The lowest BCUT2D eigenvalue weighted by Crippen LogP contribution is -2.10. The highest BCUT2D eigenvalue weighted by Crippen LogP contribution is 2.21. The number of rotatable bonds is 7. The number of ether oxygens (including phenoxy) is 2. The van der Waals surface area contributed by atoms with Crippen LogP contribution in [0.2, 0.25) is 0 Å². The molecule has 0 radical (unpaired) electrons. The van der Waals surface area contributed by atoms with Gasteiger partial charge in [0.1, 0.15) is 5.75 Å². The maximum Gasteiger partial charge on any atom is 0.343 e. The Balaban J connectivity index is 1.35. The minimum absolute atomic E-state index is 0.278. The summed E-state index contributed by atoms with van der Waals surface area (Å²) in [6.45, 7) is 0.278. The van der Waals surface area contributed by atoms with Gasteiger partial charge in [0.15, 0.2) is 0 Å². The highest BCUT2D eigenvalue weighted by atomic mass is 16.5. The summed E-state index contributed by atoms with van der Waals surface area (Å²) in [5, 5.41) is 0. The van der Waals surface area contributed by atoms with Crippen LogP contribution in [0.4, 0.5) is 0 Å². The molecule has 0 aliphatic rings. The molecule has 4 aromatic rings. The van der Waals surface area contributed by atoms with Gasteiger partial charge < -0.3 is 9.47 Å². The fraction of sp³-hybridized carbons (Fsp3) is 0.0714. The normalized spacial score (nSPS) is 10.4. The molecular formula is C28H22O4. The Morgan fingerprint density at radius 1 is 0.594 bits per heavy atom. The Morgan fingerprint density at radius 3 is 1.97 bits per heavy atom. The van der Waals surface area contributed by atoms with Crippen LogP contribution in [0.5, 0.6) is 5.75 Å². The topological polar surface area (TPSA) is 52.6 Å². The standard InChI is InChI=1S/C28H22O4/c29-27(31-19-18-21-8-3-1-4-9-21)25-12-7-13-26(20-25)32-28(30)24-16-14-23(15-17-24)22-10-5-2-6-11-22/h1-17,20H,18-19H2. The molecule has 0 N–H and O–H groups in total. The lowest BCUT2D eigenvalue weighted by molar-refractivity contribution is 0.0507. The SMILES string of the molecule is O=C(OCCc1ccccc1)c1cccc(OC(=O)c2ccc(-c3ccccc3)cc2)c1. The lowest BCUT2D eigenvalue weighted by Gasteiger charge is -2.08. The van der Waals surface area contributed by atoms with Crippen LogP contribution in [0.15, 0.2) is 109 Å². The Hall–Kier alpha value is -4.18. The average Bonchev–Trinajstić information content (AvgIpc) is 2.85. The van der Waals surface area contributed by atoms with Crippen LogP contribution >= 0.6 is 0 Å². The zero-order valence-corrected chi connectivity index (χ0v) is 17.4. The number of carbonyl (C=O) groups is 2. The molecule has 32 heavy (non-hydrogen) atoms. The molecular weight excluding hydrogens is 400 g/mol. The summed E-state index contributed by atoms with van der Waals surface area (Å²) < 4.78 is 10.8. The Morgan fingerprint density at radius 2 is 1.25 bits per heavy atom. The molecule has 0 amide bonds. The van der Waals surface area contributed by atoms with Crippen molar-refractivity contribution in [1.29, 1.82) is 0 Å². The van der Waals surface area contributed by atoms with E-state index in [1.165, 1.54) is 6.07 Å². The smallest absolute Gasteiger partial charge is 0.343 e. The maximum atomic E-state index is 12.5. The van der Waals surface area contributed by atoms with E-state index in [1.807, 2.05) is 72.8 Å². The zero-order chi connectivity index (χ0) is 22.2. The van der Waals surface area contributed by atoms with Gasteiger partial charge in [-0.2, -0.15) is 0 Å². The van der Waals surface area contributed by atoms with E-state index < -0.39 is 11.9 Å². The van der Waals surface area contributed by atoms with E-state index in [9.17, 15) is 9.59 Å². The number of hydrogen-bond acceptors (Lipinski definition) is 4. The van der Waals surface area contributed by atoms with Crippen molar-refractivity contribution in [3.8, 4) is 16.9 Å².